The van der Waals surface area contributed by atoms with Crippen molar-refractivity contribution < 1.29 is 9.53 Å². The summed E-state index contributed by atoms with van der Waals surface area (Å²) in [6, 6.07) is 16.2. The second-order valence-corrected chi connectivity index (χ2v) is 7.51. The van der Waals surface area contributed by atoms with Crippen LogP contribution in [0.2, 0.25) is 0 Å². The number of fused-ring (bicyclic) bond motifs is 3. The zero-order valence-corrected chi connectivity index (χ0v) is 15.7. The number of nitrogens with zero attached hydrogens (tertiary/aromatic N) is 1. The van der Waals surface area contributed by atoms with Gasteiger partial charge in [0.15, 0.2) is 0 Å². The van der Waals surface area contributed by atoms with Crippen molar-refractivity contribution >= 4 is 17.7 Å². The third-order valence-electron chi connectivity index (χ3n) is 5.66. The Morgan fingerprint density at radius 3 is 2.74 bits per heavy atom. The van der Waals surface area contributed by atoms with Gasteiger partial charge in [0, 0.05) is 16.7 Å². The summed E-state index contributed by atoms with van der Waals surface area (Å²) in [5.74, 6) is 0.840. The third-order valence-corrected chi connectivity index (χ3v) is 5.66. The number of hydrogen-bond donors (Lipinski definition) is 1. The molecule has 0 aliphatic carbocycles. The molecular formula is C23H24N2O2. The van der Waals surface area contributed by atoms with Crippen LogP contribution in [0.5, 0.6) is 5.75 Å². The number of ether oxygens (including phenoxy) is 1. The Kier molecular flexibility index (Phi) is 4.06. The molecule has 2 heterocycles. The Balaban J connectivity index is 1.78. The summed E-state index contributed by atoms with van der Waals surface area (Å²) in [6.45, 7) is 8.89. The summed E-state index contributed by atoms with van der Waals surface area (Å²) in [5, 5.41) is 3.24. The summed E-state index contributed by atoms with van der Waals surface area (Å²) in [5.41, 5.74) is 2.46. The first kappa shape index (κ1) is 17.4. The van der Waals surface area contributed by atoms with Crippen LogP contribution in [0.3, 0.4) is 0 Å². The number of hydrogen-bond acceptors (Lipinski definition) is 3. The molecule has 1 saturated heterocycles. The minimum atomic E-state index is -0.598. The number of carbonyl (C=O) groups excluding carboxylic acids is 1. The van der Waals surface area contributed by atoms with E-state index in [0.29, 0.717) is 13.2 Å². The largest absolute Gasteiger partial charge is 0.489 e. The SMILES string of the molecule is C=CCOc1ccccc1C=C[C@]12NC(=O)CN1c1ccccc1C2(C)C. The highest BCUT2D eigenvalue weighted by atomic mass is 16.5. The molecule has 2 aromatic rings. The molecule has 1 fully saturated rings. The lowest BCUT2D eigenvalue weighted by Gasteiger charge is -2.40. The predicted octanol–water partition coefficient (Wildman–Crippen LogP) is 3.89. The molecule has 1 atom stereocenters. The molecule has 0 aromatic heterocycles. The normalized spacial score (nSPS) is 22.4. The van der Waals surface area contributed by atoms with Crippen LogP contribution in [-0.2, 0) is 10.2 Å². The number of amides is 1. The van der Waals surface area contributed by atoms with Crippen molar-refractivity contribution in [1.82, 2.24) is 5.32 Å². The molecule has 2 aliphatic rings. The first-order valence-corrected chi connectivity index (χ1v) is 9.20. The van der Waals surface area contributed by atoms with Gasteiger partial charge < -0.3 is 15.0 Å². The van der Waals surface area contributed by atoms with Gasteiger partial charge in [0.2, 0.25) is 5.91 Å². The van der Waals surface area contributed by atoms with Gasteiger partial charge >= 0.3 is 0 Å². The topological polar surface area (TPSA) is 41.6 Å². The lowest BCUT2D eigenvalue weighted by molar-refractivity contribution is -0.118. The van der Waals surface area contributed by atoms with E-state index in [2.05, 4.69) is 54.9 Å². The molecule has 0 bridgehead atoms. The Morgan fingerprint density at radius 1 is 1.19 bits per heavy atom. The molecule has 2 aliphatic heterocycles. The van der Waals surface area contributed by atoms with Crippen LogP contribution < -0.4 is 15.0 Å². The monoisotopic (exact) mass is 360 g/mol. The second kappa shape index (κ2) is 6.31. The van der Waals surface area contributed by atoms with Gasteiger partial charge in [0.25, 0.3) is 0 Å². The highest BCUT2D eigenvalue weighted by Crippen LogP contribution is 2.52. The predicted molar refractivity (Wildman–Crippen MR) is 109 cm³/mol. The van der Waals surface area contributed by atoms with E-state index in [1.54, 1.807) is 6.08 Å². The summed E-state index contributed by atoms with van der Waals surface area (Å²) in [7, 11) is 0. The molecule has 138 valence electrons. The van der Waals surface area contributed by atoms with Gasteiger partial charge in [-0.15, -0.1) is 0 Å². The zero-order valence-electron chi connectivity index (χ0n) is 15.7. The van der Waals surface area contributed by atoms with Crippen LogP contribution in [0.1, 0.15) is 25.0 Å². The lowest BCUT2D eigenvalue weighted by Crippen LogP contribution is -2.58. The average molecular weight is 360 g/mol. The highest BCUT2D eigenvalue weighted by Gasteiger charge is 2.59. The van der Waals surface area contributed by atoms with Crippen LogP contribution in [0, 0.1) is 0 Å². The molecule has 4 heteroatoms. The fourth-order valence-electron chi connectivity index (χ4n) is 4.25. The van der Waals surface area contributed by atoms with Gasteiger partial charge in [-0.1, -0.05) is 69.0 Å². The van der Waals surface area contributed by atoms with Crippen molar-refractivity contribution in [2.45, 2.75) is 24.9 Å². The fraction of sp³-hybridized carbons (Fsp3) is 0.261. The molecular weight excluding hydrogens is 336 g/mol. The van der Waals surface area contributed by atoms with Crippen LogP contribution in [0.4, 0.5) is 5.69 Å². The van der Waals surface area contributed by atoms with Gasteiger partial charge in [-0.2, -0.15) is 0 Å². The maximum absolute atomic E-state index is 12.4. The Bertz CT molecular complexity index is 931. The number of anilines is 1. The van der Waals surface area contributed by atoms with Gasteiger partial charge in [-0.3, -0.25) is 4.79 Å². The summed E-state index contributed by atoms with van der Waals surface area (Å²) in [4.78, 5) is 14.5. The van der Waals surface area contributed by atoms with Gasteiger partial charge in [0.05, 0.1) is 6.54 Å². The first-order chi connectivity index (χ1) is 13.0. The number of benzene rings is 2. The van der Waals surface area contributed by atoms with E-state index in [-0.39, 0.29) is 11.3 Å². The molecule has 4 rings (SSSR count). The van der Waals surface area contributed by atoms with Crippen molar-refractivity contribution in [3.8, 4) is 5.75 Å². The number of nitrogens with one attached hydrogen (secondary N) is 1. The van der Waals surface area contributed by atoms with E-state index in [1.165, 1.54) is 5.56 Å². The molecule has 4 nitrogen and oxygen atoms in total. The maximum Gasteiger partial charge on any atom is 0.241 e. The molecule has 0 unspecified atom stereocenters. The van der Waals surface area contributed by atoms with Gasteiger partial charge in [-0.25, -0.2) is 0 Å². The molecule has 1 N–H and O–H groups in total. The molecule has 0 spiro atoms. The first-order valence-electron chi connectivity index (χ1n) is 9.20. The average Bonchev–Trinajstić information content (AvgIpc) is 3.10. The molecule has 0 radical (unpaired) electrons. The van der Waals surface area contributed by atoms with Crippen molar-refractivity contribution in [2.24, 2.45) is 0 Å². The number of para-hydroxylation sites is 2. The maximum atomic E-state index is 12.4. The molecule has 27 heavy (non-hydrogen) atoms. The fourth-order valence-corrected chi connectivity index (χ4v) is 4.25. The van der Waals surface area contributed by atoms with Gasteiger partial charge in [-0.05, 0) is 23.8 Å². The van der Waals surface area contributed by atoms with E-state index in [9.17, 15) is 4.79 Å². The van der Waals surface area contributed by atoms with E-state index >= 15 is 0 Å². The van der Waals surface area contributed by atoms with E-state index in [1.807, 2.05) is 36.4 Å². The highest BCUT2D eigenvalue weighted by molar-refractivity contribution is 5.91. The van der Waals surface area contributed by atoms with E-state index in [0.717, 1.165) is 17.0 Å². The summed E-state index contributed by atoms with van der Waals surface area (Å²) >= 11 is 0. The number of rotatable bonds is 5. The Labute approximate surface area is 160 Å². The van der Waals surface area contributed by atoms with Crippen LogP contribution in [0.25, 0.3) is 6.08 Å². The van der Waals surface area contributed by atoms with Crippen LogP contribution in [0.15, 0.2) is 67.3 Å². The zero-order chi connectivity index (χ0) is 19.1. The van der Waals surface area contributed by atoms with Crippen LogP contribution in [-0.4, -0.2) is 24.7 Å². The lowest BCUT2D eigenvalue weighted by atomic mass is 9.75. The second-order valence-electron chi connectivity index (χ2n) is 7.51. The van der Waals surface area contributed by atoms with Crippen molar-refractivity contribution in [2.75, 3.05) is 18.1 Å². The Hall–Kier alpha value is -3.01. The smallest absolute Gasteiger partial charge is 0.241 e. The summed E-state index contributed by atoms with van der Waals surface area (Å²) in [6.07, 6.45) is 5.88. The quantitative estimate of drug-likeness (QED) is 0.823. The van der Waals surface area contributed by atoms with Gasteiger partial charge in [0.1, 0.15) is 18.0 Å². The summed E-state index contributed by atoms with van der Waals surface area (Å²) < 4.78 is 5.78. The molecule has 2 aromatic carbocycles. The third kappa shape index (κ3) is 2.55. The minimum Gasteiger partial charge on any atom is -0.489 e. The van der Waals surface area contributed by atoms with Crippen molar-refractivity contribution in [1.29, 1.82) is 0 Å². The molecule has 0 saturated carbocycles. The van der Waals surface area contributed by atoms with E-state index < -0.39 is 5.66 Å². The number of carbonyl (C=O) groups is 1. The Morgan fingerprint density at radius 2 is 1.93 bits per heavy atom. The standard InChI is InChI=1S/C23H24N2O2/c1-4-15-27-20-12-8-5-9-17(20)13-14-23-22(2,3)18-10-6-7-11-19(18)25(23)16-21(26)24-23/h4-14H,1,15-16H2,2-3H3,(H,24,26)/t23-/m0/s1. The van der Waals surface area contributed by atoms with Crippen LogP contribution >= 0.6 is 0 Å². The minimum absolute atomic E-state index is 0.0402. The van der Waals surface area contributed by atoms with Crippen molar-refractivity contribution in [3.05, 3.63) is 78.4 Å². The van der Waals surface area contributed by atoms with Crippen molar-refractivity contribution in [3.63, 3.8) is 0 Å². The molecule has 1 amide bonds. The van der Waals surface area contributed by atoms with E-state index in [4.69, 9.17) is 4.74 Å².